The number of carbonyl (C=O) groups excluding carboxylic acids is 1. The van der Waals surface area contributed by atoms with Gasteiger partial charge in [0.05, 0.1) is 5.02 Å². The number of hydrogen-bond acceptors (Lipinski definition) is 5. The lowest BCUT2D eigenvalue weighted by Crippen LogP contribution is -2.38. The summed E-state index contributed by atoms with van der Waals surface area (Å²) in [5.74, 6) is 0. The number of H-pyrrole nitrogens is 1. The topological polar surface area (TPSA) is 107 Å². The number of ether oxygens (including phenoxy) is 1. The van der Waals surface area contributed by atoms with Crippen LogP contribution >= 0.6 is 11.6 Å². The Morgan fingerprint density at radius 3 is 2.83 bits per heavy atom. The molecule has 2 aromatic heterocycles. The van der Waals surface area contributed by atoms with Crippen molar-refractivity contribution in [3.63, 3.8) is 0 Å². The summed E-state index contributed by atoms with van der Waals surface area (Å²) in [6, 6.07) is 1.60. The Balaban J connectivity index is 2.04. The van der Waals surface area contributed by atoms with Gasteiger partial charge in [0, 0.05) is 29.9 Å². The first-order valence-corrected chi connectivity index (χ1v) is 7.51. The summed E-state index contributed by atoms with van der Waals surface area (Å²) in [5, 5.41) is 23.8. The highest BCUT2D eigenvalue weighted by molar-refractivity contribution is 6.35. The van der Waals surface area contributed by atoms with E-state index in [9.17, 15) is 15.0 Å². The number of halogens is 1. The third-order valence-electron chi connectivity index (χ3n) is 3.09. The van der Waals surface area contributed by atoms with Gasteiger partial charge in [0.2, 0.25) is 0 Å². The summed E-state index contributed by atoms with van der Waals surface area (Å²) in [6.07, 6.45) is -0.0523. The number of fused-ring (bicyclic) bond motifs is 1. The van der Waals surface area contributed by atoms with Gasteiger partial charge in [-0.3, -0.25) is 0 Å². The van der Waals surface area contributed by atoms with Gasteiger partial charge in [-0.25, -0.2) is 9.78 Å². The Morgan fingerprint density at radius 2 is 2.17 bits per heavy atom. The molecule has 0 saturated carbocycles. The summed E-state index contributed by atoms with van der Waals surface area (Å²) in [7, 11) is 0. The SMILES string of the molecule is CC(C)(C)OC(=O)NCC(O)C(O)c1c[nH]c2nccc(Cl)c12. The minimum Gasteiger partial charge on any atom is -0.444 e. The first kappa shape index (κ1) is 17.5. The predicted octanol–water partition coefficient (Wildman–Crippen LogP) is 2.14. The zero-order chi connectivity index (χ0) is 17.2. The fourth-order valence-corrected chi connectivity index (χ4v) is 2.35. The summed E-state index contributed by atoms with van der Waals surface area (Å²) >= 11 is 6.11. The van der Waals surface area contributed by atoms with Crippen molar-refractivity contribution in [1.82, 2.24) is 15.3 Å². The number of aromatic nitrogens is 2. The van der Waals surface area contributed by atoms with E-state index in [2.05, 4.69) is 15.3 Å². The lowest BCUT2D eigenvalue weighted by Gasteiger charge is -2.22. The number of nitrogens with one attached hydrogen (secondary N) is 2. The highest BCUT2D eigenvalue weighted by Gasteiger charge is 2.24. The molecule has 0 aliphatic heterocycles. The third-order valence-corrected chi connectivity index (χ3v) is 3.41. The van der Waals surface area contributed by atoms with Crippen LogP contribution in [0.25, 0.3) is 11.0 Å². The second-order valence-corrected chi connectivity index (χ2v) is 6.56. The van der Waals surface area contributed by atoms with Crippen LogP contribution in [0.4, 0.5) is 4.79 Å². The zero-order valence-electron chi connectivity index (χ0n) is 13.1. The average Bonchev–Trinajstić information content (AvgIpc) is 2.87. The van der Waals surface area contributed by atoms with Crippen molar-refractivity contribution in [3.05, 3.63) is 29.0 Å². The molecule has 4 N–H and O–H groups in total. The van der Waals surface area contributed by atoms with Crippen LogP contribution in [0.2, 0.25) is 5.02 Å². The number of aliphatic hydroxyl groups excluding tert-OH is 2. The van der Waals surface area contributed by atoms with Crippen LogP contribution in [-0.4, -0.2) is 44.5 Å². The molecule has 0 aromatic carbocycles. The standard InChI is InChI=1S/C15H20ClN3O4/c1-15(2,3)23-14(22)19-7-10(20)12(21)8-6-18-13-11(8)9(16)4-5-17-13/h4-6,10,12,20-21H,7H2,1-3H3,(H,17,18)(H,19,22). The molecule has 2 aromatic rings. The molecular weight excluding hydrogens is 322 g/mol. The van der Waals surface area contributed by atoms with Gasteiger partial charge in [0.15, 0.2) is 0 Å². The quantitative estimate of drug-likeness (QED) is 0.681. The number of rotatable bonds is 4. The Morgan fingerprint density at radius 1 is 1.48 bits per heavy atom. The Labute approximate surface area is 138 Å². The van der Waals surface area contributed by atoms with E-state index in [0.717, 1.165) is 0 Å². The fraction of sp³-hybridized carbons (Fsp3) is 0.467. The molecule has 0 radical (unpaired) electrons. The monoisotopic (exact) mass is 341 g/mol. The summed E-state index contributed by atoms with van der Waals surface area (Å²) < 4.78 is 5.07. The Hall–Kier alpha value is -1.83. The van der Waals surface area contributed by atoms with E-state index in [4.69, 9.17) is 16.3 Å². The molecule has 0 aliphatic rings. The number of carbonyl (C=O) groups is 1. The molecule has 2 unspecified atom stereocenters. The van der Waals surface area contributed by atoms with Crippen molar-refractivity contribution in [2.24, 2.45) is 0 Å². The molecule has 0 fully saturated rings. The first-order chi connectivity index (χ1) is 10.7. The zero-order valence-corrected chi connectivity index (χ0v) is 13.9. The number of aliphatic hydroxyl groups is 2. The van der Waals surface area contributed by atoms with Gasteiger partial charge < -0.3 is 25.3 Å². The average molecular weight is 342 g/mol. The van der Waals surface area contributed by atoms with Crippen molar-refractivity contribution in [3.8, 4) is 0 Å². The molecule has 8 heteroatoms. The number of amides is 1. The molecule has 2 atom stereocenters. The molecule has 2 heterocycles. The van der Waals surface area contributed by atoms with Gasteiger partial charge in [-0.1, -0.05) is 11.6 Å². The summed E-state index contributed by atoms with van der Waals surface area (Å²) in [5.41, 5.74) is 0.291. The molecule has 0 spiro atoms. The van der Waals surface area contributed by atoms with Gasteiger partial charge in [0.25, 0.3) is 0 Å². The van der Waals surface area contributed by atoms with Crippen molar-refractivity contribution < 1.29 is 19.7 Å². The third kappa shape index (κ3) is 4.34. The summed E-state index contributed by atoms with van der Waals surface area (Å²) in [6.45, 7) is 5.04. The largest absolute Gasteiger partial charge is 0.444 e. The fourth-order valence-electron chi connectivity index (χ4n) is 2.09. The molecule has 7 nitrogen and oxygen atoms in total. The number of aromatic amines is 1. The van der Waals surface area contributed by atoms with Crippen LogP contribution < -0.4 is 5.32 Å². The smallest absolute Gasteiger partial charge is 0.407 e. The molecule has 0 saturated heterocycles. The van der Waals surface area contributed by atoms with Crippen LogP contribution in [0, 0.1) is 0 Å². The lowest BCUT2D eigenvalue weighted by atomic mass is 10.0. The Bertz CT molecular complexity index is 696. The van der Waals surface area contributed by atoms with E-state index >= 15 is 0 Å². The number of hydrogen-bond donors (Lipinski definition) is 4. The van der Waals surface area contributed by atoms with Crippen LogP contribution in [0.3, 0.4) is 0 Å². The maximum Gasteiger partial charge on any atom is 0.407 e. The van der Waals surface area contributed by atoms with Crippen molar-refractivity contribution in [2.75, 3.05) is 6.54 Å². The minimum absolute atomic E-state index is 0.166. The second-order valence-electron chi connectivity index (χ2n) is 6.16. The van der Waals surface area contributed by atoms with Gasteiger partial charge >= 0.3 is 6.09 Å². The Kier molecular flexibility index (Phi) is 5.13. The molecule has 2 rings (SSSR count). The van der Waals surface area contributed by atoms with E-state index in [1.54, 1.807) is 26.8 Å². The van der Waals surface area contributed by atoms with E-state index in [-0.39, 0.29) is 6.54 Å². The van der Waals surface area contributed by atoms with Crippen LogP contribution in [0.1, 0.15) is 32.4 Å². The van der Waals surface area contributed by atoms with Crippen molar-refractivity contribution >= 4 is 28.7 Å². The maximum atomic E-state index is 11.6. The first-order valence-electron chi connectivity index (χ1n) is 7.13. The second kappa shape index (κ2) is 6.74. The van der Waals surface area contributed by atoms with E-state index in [0.29, 0.717) is 21.6 Å². The normalized spacial score (nSPS) is 14.5. The number of pyridine rings is 1. The molecular formula is C15H20ClN3O4. The summed E-state index contributed by atoms with van der Waals surface area (Å²) in [4.78, 5) is 18.6. The van der Waals surface area contributed by atoms with Gasteiger partial charge in [-0.2, -0.15) is 0 Å². The molecule has 23 heavy (non-hydrogen) atoms. The predicted molar refractivity (Wildman–Crippen MR) is 86.3 cm³/mol. The minimum atomic E-state index is -1.24. The molecule has 1 amide bonds. The molecule has 0 bridgehead atoms. The number of nitrogens with zero attached hydrogens (tertiary/aromatic N) is 1. The van der Waals surface area contributed by atoms with Crippen LogP contribution in [0.15, 0.2) is 18.5 Å². The van der Waals surface area contributed by atoms with Crippen LogP contribution in [0.5, 0.6) is 0 Å². The highest BCUT2D eigenvalue weighted by atomic mass is 35.5. The van der Waals surface area contributed by atoms with Gasteiger partial charge in [-0.05, 0) is 26.8 Å². The molecule has 126 valence electrons. The van der Waals surface area contributed by atoms with Crippen molar-refractivity contribution in [1.29, 1.82) is 0 Å². The van der Waals surface area contributed by atoms with E-state index in [1.807, 2.05) is 0 Å². The van der Waals surface area contributed by atoms with Gasteiger partial charge in [-0.15, -0.1) is 0 Å². The van der Waals surface area contributed by atoms with E-state index < -0.39 is 23.9 Å². The number of alkyl carbamates (subject to hydrolysis) is 1. The molecule has 0 aliphatic carbocycles. The lowest BCUT2D eigenvalue weighted by molar-refractivity contribution is 0.0136. The van der Waals surface area contributed by atoms with Crippen molar-refractivity contribution in [2.45, 2.75) is 38.6 Å². The maximum absolute atomic E-state index is 11.6. The van der Waals surface area contributed by atoms with Crippen LogP contribution in [-0.2, 0) is 4.74 Å². The highest BCUT2D eigenvalue weighted by Crippen LogP contribution is 2.30. The van der Waals surface area contributed by atoms with E-state index in [1.165, 1.54) is 12.4 Å². The van der Waals surface area contributed by atoms with Gasteiger partial charge in [0.1, 0.15) is 23.5 Å².